The number of benzene rings is 2. The first kappa shape index (κ1) is 19.0. The second-order valence-corrected chi connectivity index (χ2v) is 6.23. The Morgan fingerprint density at radius 3 is 2.48 bits per heavy atom. The minimum Gasteiger partial charge on any atom is -0.496 e. The number of nitrogens with one attached hydrogen (secondary N) is 1. The summed E-state index contributed by atoms with van der Waals surface area (Å²) in [6.07, 6.45) is 1.27. The number of hydrogen-bond donors (Lipinski definition) is 1. The van der Waals surface area contributed by atoms with Crippen molar-refractivity contribution in [3.05, 3.63) is 65.7 Å². The summed E-state index contributed by atoms with van der Waals surface area (Å²) >= 11 is 0. The van der Waals surface area contributed by atoms with Gasteiger partial charge in [-0.1, -0.05) is 48.5 Å². The monoisotopic (exact) mass is 340 g/mol. The van der Waals surface area contributed by atoms with E-state index < -0.39 is 0 Å². The molecule has 0 radical (unpaired) electrons. The van der Waals surface area contributed by atoms with Crippen molar-refractivity contribution in [2.45, 2.75) is 32.4 Å². The molecule has 1 amide bonds. The number of carbonyl (C=O) groups excluding carboxylic acids is 1. The summed E-state index contributed by atoms with van der Waals surface area (Å²) in [6, 6.07) is 18.2. The Labute approximate surface area is 150 Å². The SMILES string of the molecule is CNCCC(=O)N(Cc1ccccc1)C(C)Cc1ccccc1OC. The van der Waals surface area contributed by atoms with Gasteiger partial charge < -0.3 is 15.0 Å². The highest BCUT2D eigenvalue weighted by Gasteiger charge is 2.21. The summed E-state index contributed by atoms with van der Waals surface area (Å²) < 4.78 is 5.46. The molecular formula is C21H28N2O2. The molecule has 2 aromatic rings. The van der Waals surface area contributed by atoms with Crippen LogP contribution in [0.2, 0.25) is 0 Å². The van der Waals surface area contributed by atoms with E-state index in [0.717, 1.165) is 23.3 Å². The smallest absolute Gasteiger partial charge is 0.224 e. The molecule has 0 spiro atoms. The van der Waals surface area contributed by atoms with E-state index in [1.165, 1.54) is 0 Å². The molecule has 1 unspecified atom stereocenters. The number of rotatable bonds is 9. The van der Waals surface area contributed by atoms with Crippen molar-refractivity contribution in [3.63, 3.8) is 0 Å². The van der Waals surface area contributed by atoms with Gasteiger partial charge in [0.05, 0.1) is 7.11 Å². The van der Waals surface area contributed by atoms with Crippen molar-refractivity contribution in [2.75, 3.05) is 20.7 Å². The third-order valence-corrected chi connectivity index (χ3v) is 4.34. The summed E-state index contributed by atoms with van der Waals surface area (Å²) in [4.78, 5) is 14.7. The first-order valence-corrected chi connectivity index (χ1v) is 8.75. The highest BCUT2D eigenvalue weighted by atomic mass is 16.5. The molecule has 2 rings (SSSR count). The molecule has 0 fully saturated rings. The van der Waals surface area contributed by atoms with Crippen molar-refractivity contribution in [1.82, 2.24) is 10.2 Å². The molecule has 0 aliphatic rings. The summed E-state index contributed by atoms with van der Waals surface area (Å²) in [5.74, 6) is 1.04. The van der Waals surface area contributed by atoms with E-state index in [0.29, 0.717) is 19.5 Å². The maximum absolute atomic E-state index is 12.7. The van der Waals surface area contributed by atoms with Crippen molar-refractivity contribution in [1.29, 1.82) is 0 Å². The Bertz CT molecular complexity index is 658. The second-order valence-electron chi connectivity index (χ2n) is 6.23. The Morgan fingerprint density at radius 2 is 1.80 bits per heavy atom. The zero-order chi connectivity index (χ0) is 18.1. The molecule has 0 aromatic heterocycles. The number of nitrogens with zero attached hydrogens (tertiary/aromatic N) is 1. The normalized spacial score (nSPS) is 11.8. The van der Waals surface area contributed by atoms with Crippen LogP contribution in [0.4, 0.5) is 0 Å². The molecule has 2 aromatic carbocycles. The molecule has 134 valence electrons. The van der Waals surface area contributed by atoms with Crippen LogP contribution in [0.15, 0.2) is 54.6 Å². The van der Waals surface area contributed by atoms with E-state index in [1.54, 1.807) is 7.11 Å². The van der Waals surface area contributed by atoms with Gasteiger partial charge in [0.2, 0.25) is 5.91 Å². The number of para-hydroxylation sites is 1. The van der Waals surface area contributed by atoms with Crippen molar-refractivity contribution in [3.8, 4) is 5.75 Å². The highest BCUT2D eigenvalue weighted by molar-refractivity contribution is 5.76. The lowest BCUT2D eigenvalue weighted by atomic mass is 10.0. The average Bonchev–Trinajstić information content (AvgIpc) is 2.65. The van der Waals surface area contributed by atoms with E-state index in [9.17, 15) is 4.79 Å². The maximum atomic E-state index is 12.7. The van der Waals surface area contributed by atoms with E-state index in [4.69, 9.17) is 4.74 Å². The van der Waals surface area contributed by atoms with E-state index in [2.05, 4.69) is 30.4 Å². The Balaban J connectivity index is 2.16. The molecule has 0 aliphatic heterocycles. The molecule has 4 nitrogen and oxygen atoms in total. The summed E-state index contributed by atoms with van der Waals surface area (Å²) in [7, 11) is 3.55. The third-order valence-electron chi connectivity index (χ3n) is 4.34. The Morgan fingerprint density at radius 1 is 1.12 bits per heavy atom. The van der Waals surface area contributed by atoms with E-state index in [-0.39, 0.29) is 11.9 Å². The van der Waals surface area contributed by atoms with Crippen LogP contribution in [0.5, 0.6) is 5.75 Å². The quantitative estimate of drug-likeness (QED) is 0.762. The highest BCUT2D eigenvalue weighted by Crippen LogP contribution is 2.22. The second kappa shape index (κ2) is 9.84. The molecule has 4 heteroatoms. The standard InChI is InChI=1S/C21H28N2O2/c1-17(15-19-11-7-8-12-20(19)25-3)23(21(24)13-14-22-2)16-18-9-5-4-6-10-18/h4-12,17,22H,13-16H2,1-3H3. The Kier molecular flexibility index (Phi) is 7.48. The predicted octanol–water partition coefficient (Wildman–Crippen LogP) is 3.26. The van der Waals surface area contributed by atoms with Crippen LogP contribution in [0.1, 0.15) is 24.5 Å². The number of methoxy groups -OCH3 is 1. The number of hydrogen-bond acceptors (Lipinski definition) is 3. The molecule has 0 saturated carbocycles. The first-order chi connectivity index (χ1) is 12.2. The minimum atomic E-state index is 0.0841. The number of ether oxygens (including phenoxy) is 1. The van der Waals surface area contributed by atoms with Gasteiger partial charge in [-0.3, -0.25) is 4.79 Å². The molecule has 0 heterocycles. The van der Waals surface area contributed by atoms with Gasteiger partial charge in [-0.2, -0.15) is 0 Å². The van der Waals surface area contributed by atoms with Crippen LogP contribution in [0, 0.1) is 0 Å². The van der Waals surface area contributed by atoms with Crippen LogP contribution in [-0.2, 0) is 17.8 Å². The van der Waals surface area contributed by atoms with Gasteiger partial charge in [-0.05, 0) is 37.6 Å². The summed E-state index contributed by atoms with van der Waals surface area (Å²) in [5, 5.41) is 3.06. The van der Waals surface area contributed by atoms with Crippen molar-refractivity contribution in [2.24, 2.45) is 0 Å². The average molecular weight is 340 g/mol. The van der Waals surface area contributed by atoms with E-state index in [1.807, 2.05) is 48.3 Å². The van der Waals surface area contributed by atoms with Gasteiger partial charge in [0, 0.05) is 25.6 Å². The third kappa shape index (κ3) is 5.61. The predicted molar refractivity (Wildman–Crippen MR) is 102 cm³/mol. The fourth-order valence-corrected chi connectivity index (χ4v) is 2.95. The van der Waals surface area contributed by atoms with Gasteiger partial charge >= 0.3 is 0 Å². The van der Waals surface area contributed by atoms with Gasteiger partial charge in [-0.15, -0.1) is 0 Å². The summed E-state index contributed by atoms with van der Waals surface area (Å²) in [6.45, 7) is 3.41. The van der Waals surface area contributed by atoms with Crippen LogP contribution in [0.3, 0.4) is 0 Å². The fraction of sp³-hybridized carbons (Fsp3) is 0.381. The number of carbonyl (C=O) groups is 1. The minimum absolute atomic E-state index is 0.0841. The molecule has 0 bridgehead atoms. The molecular weight excluding hydrogens is 312 g/mol. The molecule has 0 aliphatic carbocycles. The summed E-state index contributed by atoms with van der Waals surface area (Å²) in [5.41, 5.74) is 2.27. The van der Waals surface area contributed by atoms with Crippen LogP contribution in [0.25, 0.3) is 0 Å². The largest absolute Gasteiger partial charge is 0.496 e. The van der Waals surface area contributed by atoms with Crippen molar-refractivity contribution >= 4 is 5.91 Å². The number of amides is 1. The zero-order valence-electron chi connectivity index (χ0n) is 15.4. The zero-order valence-corrected chi connectivity index (χ0v) is 15.4. The Hall–Kier alpha value is -2.33. The molecule has 1 N–H and O–H groups in total. The lowest BCUT2D eigenvalue weighted by Crippen LogP contribution is -2.40. The van der Waals surface area contributed by atoms with Crippen LogP contribution >= 0.6 is 0 Å². The molecule has 25 heavy (non-hydrogen) atoms. The molecule has 0 saturated heterocycles. The van der Waals surface area contributed by atoms with E-state index >= 15 is 0 Å². The topological polar surface area (TPSA) is 41.6 Å². The van der Waals surface area contributed by atoms with Gasteiger partial charge in [0.1, 0.15) is 5.75 Å². The lowest BCUT2D eigenvalue weighted by molar-refractivity contribution is -0.133. The van der Waals surface area contributed by atoms with Crippen LogP contribution in [-0.4, -0.2) is 37.6 Å². The lowest BCUT2D eigenvalue weighted by Gasteiger charge is -2.30. The molecule has 1 atom stereocenters. The first-order valence-electron chi connectivity index (χ1n) is 8.75. The van der Waals surface area contributed by atoms with Gasteiger partial charge in [-0.25, -0.2) is 0 Å². The van der Waals surface area contributed by atoms with Crippen molar-refractivity contribution < 1.29 is 9.53 Å². The van der Waals surface area contributed by atoms with Gasteiger partial charge in [0.25, 0.3) is 0 Å². The van der Waals surface area contributed by atoms with Crippen LogP contribution < -0.4 is 10.1 Å². The van der Waals surface area contributed by atoms with Gasteiger partial charge in [0.15, 0.2) is 0 Å². The maximum Gasteiger partial charge on any atom is 0.224 e. The fourth-order valence-electron chi connectivity index (χ4n) is 2.95.